The van der Waals surface area contributed by atoms with Crippen LogP contribution in [0.3, 0.4) is 0 Å². The van der Waals surface area contributed by atoms with Gasteiger partial charge in [0.1, 0.15) is 0 Å². The van der Waals surface area contributed by atoms with E-state index in [1.54, 1.807) is 12.1 Å². The molecule has 2 N–H and O–H groups in total. The fourth-order valence-electron chi connectivity index (χ4n) is 2.09. The van der Waals surface area contributed by atoms with Crippen molar-refractivity contribution in [1.82, 2.24) is 10.6 Å². The lowest BCUT2D eigenvalue weighted by molar-refractivity contribution is -0.121. The highest BCUT2D eigenvalue weighted by atomic mass is 35.5. The third kappa shape index (κ3) is 5.19. The summed E-state index contributed by atoms with van der Waals surface area (Å²) >= 11 is 11.7. The molecule has 0 spiro atoms. The molecular weight excluding hydrogens is 307 g/mol. The van der Waals surface area contributed by atoms with Gasteiger partial charge in [0, 0.05) is 12.6 Å². The summed E-state index contributed by atoms with van der Waals surface area (Å²) in [5.41, 5.74) is 0.880. The Bertz CT molecular complexity index is 434. The summed E-state index contributed by atoms with van der Waals surface area (Å²) in [5, 5.41) is 7.29. The van der Waals surface area contributed by atoms with Crippen LogP contribution in [0.1, 0.15) is 18.4 Å². The standard InChI is InChI=1S/C13H16Cl2N2O.ClH/c14-11-4-3-9(6-12(11)15)7-13(18)17-10-2-1-5-16-8-10;/h3-4,6,10,16H,1-2,5,7-8H2,(H,17,18);1H/t10-;/m1./s1. The first-order valence-electron chi connectivity index (χ1n) is 6.09. The molecule has 106 valence electrons. The second-order valence-electron chi connectivity index (χ2n) is 4.54. The van der Waals surface area contributed by atoms with E-state index in [4.69, 9.17) is 23.2 Å². The van der Waals surface area contributed by atoms with E-state index in [9.17, 15) is 4.79 Å². The molecule has 1 saturated heterocycles. The molecule has 1 amide bonds. The molecule has 1 fully saturated rings. The van der Waals surface area contributed by atoms with Crippen LogP contribution < -0.4 is 10.6 Å². The van der Waals surface area contributed by atoms with Crippen molar-refractivity contribution in [3.63, 3.8) is 0 Å². The Balaban J connectivity index is 0.00000180. The van der Waals surface area contributed by atoms with E-state index in [1.165, 1.54) is 0 Å². The maximum Gasteiger partial charge on any atom is 0.224 e. The van der Waals surface area contributed by atoms with E-state index >= 15 is 0 Å². The summed E-state index contributed by atoms with van der Waals surface area (Å²) in [6, 6.07) is 5.53. The lowest BCUT2D eigenvalue weighted by Crippen LogP contribution is -2.46. The third-order valence-electron chi connectivity index (χ3n) is 3.01. The predicted molar refractivity (Wildman–Crippen MR) is 81.4 cm³/mol. The molecule has 2 rings (SSSR count). The van der Waals surface area contributed by atoms with Crippen molar-refractivity contribution in [1.29, 1.82) is 0 Å². The smallest absolute Gasteiger partial charge is 0.224 e. The summed E-state index contributed by atoms with van der Waals surface area (Å²) in [6.07, 6.45) is 2.49. The molecule has 19 heavy (non-hydrogen) atoms. The normalized spacial score (nSPS) is 18.5. The minimum Gasteiger partial charge on any atom is -0.352 e. The lowest BCUT2D eigenvalue weighted by Gasteiger charge is -2.23. The minimum atomic E-state index is 0. The monoisotopic (exact) mass is 322 g/mol. The molecule has 1 aliphatic heterocycles. The van der Waals surface area contributed by atoms with Gasteiger partial charge in [-0.05, 0) is 37.1 Å². The van der Waals surface area contributed by atoms with Gasteiger partial charge in [-0.15, -0.1) is 12.4 Å². The molecule has 6 heteroatoms. The van der Waals surface area contributed by atoms with Crippen LogP contribution in [-0.4, -0.2) is 25.0 Å². The molecular formula is C13H17Cl3N2O. The number of amides is 1. The molecule has 1 aromatic rings. The van der Waals surface area contributed by atoms with Crippen molar-refractivity contribution in [2.75, 3.05) is 13.1 Å². The number of carbonyl (C=O) groups is 1. The van der Waals surface area contributed by atoms with Gasteiger partial charge in [-0.2, -0.15) is 0 Å². The molecule has 1 aliphatic rings. The number of hydrogen-bond donors (Lipinski definition) is 2. The lowest BCUT2D eigenvalue weighted by atomic mass is 10.1. The Hall–Kier alpha value is -0.480. The maximum atomic E-state index is 11.9. The molecule has 0 radical (unpaired) electrons. The van der Waals surface area contributed by atoms with Crippen molar-refractivity contribution in [3.8, 4) is 0 Å². The molecule has 1 atom stereocenters. The highest BCUT2D eigenvalue weighted by molar-refractivity contribution is 6.42. The zero-order valence-electron chi connectivity index (χ0n) is 10.4. The van der Waals surface area contributed by atoms with Crippen LogP contribution in [-0.2, 0) is 11.2 Å². The SMILES string of the molecule is Cl.O=C(Cc1ccc(Cl)c(Cl)c1)N[C@@H]1CCCNC1. The van der Waals surface area contributed by atoms with Crippen LogP contribution in [0.25, 0.3) is 0 Å². The molecule has 0 aromatic heterocycles. The number of benzene rings is 1. The van der Waals surface area contributed by atoms with Crippen LogP contribution in [0, 0.1) is 0 Å². The summed E-state index contributed by atoms with van der Waals surface area (Å²) in [4.78, 5) is 11.9. The van der Waals surface area contributed by atoms with Gasteiger partial charge in [0.25, 0.3) is 0 Å². The fourth-order valence-corrected chi connectivity index (χ4v) is 2.41. The predicted octanol–water partition coefficient (Wildman–Crippen LogP) is 2.83. The Kier molecular flexibility index (Phi) is 6.94. The van der Waals surface area contributed by atoms with Crippen LogP contribution in [0.15, 0.2) is 18.2 Å². The van der Waals surface area contributed by atoms with Gasteiger partial charge < -0.3 is 10.6 Å². The van der Waals surface area contributed by atoms with Crippen molar-refractivity contribution < 1.29 is 4.79 Å². The van der Waals surface area contributed by atoms with Crippen molar-refractivity contribution >= 4 is 41.5 Å². The molecule has 0 unspecified atom stereocenters. The van der Waals surface area contributed by atoms with E-state index < -0.39 is 0 Å². The molecule has 1 heterocycles. The van der Waals surface area contributed by atoms with Gasteiger partial charge in [-0.3, -0.25) is 4.79 Å². The molecule has 1 aromatic carbocycles. The second-order valence-corrected chi connectivity index (χ2v) is 5.35. The first-order chi connectivity index (χ1) is 8.65. The first kappa shape index (κ1) is 16.6. The van der Waals surface area contributed by atoms with Crippen molar-refractivity contribution in [2.45, 2.75) is 25.3 Å². The highest BCUT2D eigenvalue weighted by Crippen LogP contribution is 2.22. The topological polar surface area (TPSA) is 41.1 Å². The Morgan fingerprint density at radius 3 is 2.79 bits per heavy atom. The average Bonchev–Trinajstić information content (AvgIpc) is 2.35. The number of nitrogens with one attached hydrogen (secondary N) is 2. The summed E-state index contributed by atoms with van der Waals surface area (Å²) in [7, 11) is 0. The van der Waals surface area contributed by atoms with Crippen molar-refractivity contribution in [3.05, 3.63) is 33.8 Å². The van der Waals surface area contributed by atoms with Crippen LogP contribution in [0.4, 0.5) is 0 Å². The molecule has 0 saturated carbocycles. The number of hydrogen-bond acceptors (Lipinski definition) is 2. The number of halogens is 3. The molecule has 0 aliphatic carbocycles. The Labute approximate surface area is 129 Å². The van der Waals surface area contributed by atoms with Gasteiger partial charge >= 0.3 is 0 Å². The molecule has 3 nitrogen and oxygen atoms in total. The highest BCUT2D eigenvalue weighted by Gasteiger charge is 2.15. The Morgan fingerprint density at radius 2 is 2.16 bits per heavy atom. The third-order valence-corrected chi connectivity index (χ3v) is 3.75. The van der Waals surface area contributed by atoms with E-state index in [0.29, 0.717) is 16.5 Å². The fraction of sp³-hybridized carbons (Fsp3) is 0.462. The van der Waals surface area contributed by atoms with Gasteiger partial charge in [0.15, 0.2) is 0 Å². The second kappa shape index (κ2) is 7.95. The Morgan fingerprint density at radius 1 is 1.37 bits per heavy atom. The van der Waals surface area contributed by atoms with E-state index in [0.717, 1.165) is 31.5 Å². The quantitative estimate of drug-likeness (QED) is 0.898. The zero-order chi connectivity index (χ0) is 13.0. The minimum absolute atomic E-state index is 0. The van der Waals surface area contributed by atoms with E-state index in [-0.39, 0.29) is 24.4 Å². The van der Waals surface area contributed by atoms with E-state index in [1.807, 2.05) is 6.07 Å². The van der Waals surface area contributed by atoms with Gasteiger partial charge in [-0.25, -0.2) is 0 Å². The van der Waals surface area contributed by atoms with Crippen LogP contribution in [0.5, 0.6) is 0 Å². The first-order valence-corrected chi connectivity index (χ1v) is 6.85. The van der Waals surface area contributed by atoms with E-state index in [2.05, 4.69) is 10.6 Å². The zero-order valence-corrected chi connectivity index (χ0v) is 12.7. The average molecular weight is 324 g/mol. The van der Waals surface area contributed by atoms with Crippen molar-refractivity contribution in [2.24, 2.45) is 0 Å². The largest absolute Gasteiger partial charge is 0.352 e. The number of piperidine rings is 1. The maximum absolute atomic E-state index is 11.9. The van der Waals surface area contributed by atoms with Crippen LogP contribution >= 0.6 is 35.6 Å². The van der Waals surface area contributed by atoms with Crippen LogP contribution in [0.2, 0.25) is 10.0 Å². The van der Waals surface area contributed by atoms with Gasteiger partial charge in [0.05, 0.1) is 16.5 Å². The number of carbonyl (C=O) groups excluding carboxylic acids is 1. The summed E-state index contributed by atoms with van der Waals surface area (Å²) < 4.78 is 0. The number of rotatable bonds is 3. The van der Waals surface area contributed by atoms with Gasteiger partial charge in [-0.1, -0.05) is 29.3 Å². The van der Waals surface area contributed by atoms with Gasteiger partial charge in [0.2, 0.25) is 5.91 Å². The molecule has 0 bridgehead atoms. The summed E-state index contributed by atoms with van der Waals surface area (Å²) in [6.45, 7) is 1.90. The summed E-state index contributed by atoms with van der Waals surface area (Å²) in [5.74, 6) is 0.0297.